The summed E-state index contributed by atoms with van der Waals surface area (Å²) in [5.74, 6) is 0.517. The number of anilines is 1. The standard InChI is InChI=1S/C15H18N4S/c1-20-15(7-2-3-8-15)10-19-12-6-4-5-11(9-16)13(12)18-14(19)17/h4-6H,2-3,7-8,10H2,1H3,(H2,17,18). The molecule has 0 spiro atoms. The van der Waals surface area contributed by atoms with Gasteiger partial charge in [-0.1, -0.05) is 18.9 Å². The van der Waals surface area contributed by atoms with Gasteiger partial charge >= 0.3 is 0 Å². The number of hydrogen-bond acceptors (Lipinski definition) is 4. The predicted molar refractivity (Wildman–Crippen MR) is 83.6 cm³/mol. The molecule has 2 aromatic rings. The summed E-state index contributed by atoms with van der Waals surface area (Å²) in [5, 5.41) is 9.17. The number of aromatic nitrogens is 2. The lowest BCUT2D eigenvalue weighted by atomic mass is 10.1. The second-order valence-electron chi connectivity index (χ2n) is 5.44. The monoisotopic (exact) mass is 286 g/mol. The molecule has 1 aliphatic rings. The summed E-state index contributed by atoms with van der Waals surface area (Å²) in [6.45, 7) is 0.880. The van der Waals surface area contributed by atoms with Crippen LogP contribution < -0.4 is 5.73 Å². The van der Waals surface area contributed by atoms with Gasteiger partial charge in [0, 0.05) is 11.3 Å². The van der Waals surface area contributed by atoms with E-state index in [-0.39, 0.29) is 4.75 Å². The molecule has 5 heteroatoms. The van der Waals surface area contributed by atoms with Crippen LogP contribution in [0.4, 0.5) is 5.95 Å². The topological polar surface area (TPSA) is 67.6 Å². The van der Waals surface area contributed by atoms with Crippen LogP contribution in [0.2, 0.25) is 0 Å². The van der Waals surface area contributed by atoms with Crippen LogP contribution >= 0.6 is 11.8 Å². The lowest BCUT2D eigenvalue weighted by Gasteiger charge is -2.27. The number of para-hydroxylation sites is 1. The van der Waals surface area contributed by atoms with Crippen LogP contribution in [0.3, 0.4) is 0 Å². The number of fused-ring (bicyclic) bond motifs is 1. The van der Waals surface area contributed by atoms with E-state index in [4.69, 9.17) is 5.73 Å². The fraction of sp³-hybridized carbons (Fsp3) is 0.467. The smallest absolute Gasteiger partial charge is 0.201 e. The van der Waals surface area contributed by atoms with Crippen molar-refractivity contribution in [1.82, 2.24) is 9.55 Å². The molecule has 0 atom stereocenters. The molecule has 4 nitrogen and oxygen atoms in total. The lowest BCUT2D eigenvalue weighted by Crippen LogP contribution is -2.27. The number of nitriles is 1. The van der Waals surface area contributed by atoms with E-state index in [0.29, 0.717) is 11.5 Å². The van der Waals surface area contributed by atoms with Crippen molar-refractivity contribution in [1.29, 1.82) is 5.26 Å². The van der Waals surface area contributed by atoms with Gasteiger partial charge in [-0.05, 0) is 31.2 Å². The summed E-state index contributed by atoms with van der Waals surface area (Å²) >= 11 is 1.94. The molecule has 104 valence electrons. The Morgan fingerprint density at radius 1 is 1.45 bits per heavy atom. The van der Waals surface area contributed by atoms with Crippen LogP contribution in [0, 0.1) is 11.3 Å². The average Bonchev–Trinajstić information content (AvgIpc) is 3.05. The Bertz CT molecular complexity index is 677. The number of hydrogen-bond donors (Lipinski definition) is 1. The van der Waals surface area contributed by atoms with E-state index < -0.39 is 0 Å². The maximum absolute atomic E-state index is 9.17. The first-order valence-corrected chi connectivity index (χ1v) is 8.11. The van der Waals surface area contributed by atoms with E-state index in [1.54, 1.807) is 6.07 Å². The molecule has 1 aromatic carbocycles. The number of rotatable bonds is 3. The summed E-state index contributed by atoms with van der Waals surface area (Å²) in [4.78, 5) is 4.40. The van der Waals surface area contributed by atoms with Crippen molar-refractivity contribution < 1.29 is 0 Å². The quantitative estimate of drug-likeness (QED) is 0.941. The van der Waals surface area contributed by atoms with Crippen molar-refractivity contribution >= 4 is 28.7 Å². The van der Waals surface area contributed by atoms with Crippen LogP contribution in [-0.4, -0.2) is 20.6 Å². The van der Waals surface area contributed by atoms with Gasteiger partial charge in [-0.3, -0.25) is 0 Å². The minimum atomic E-state index is 0.268. The minimum absolute atomic E-state index is 0.268. The van der Waals surface area contributed by atoms with Gasteiger partial charge in [0.2, 0.25) is 5.95 Å². The van der Waals surface area contributed by atoms with Crippen molar-refractivity contribution in [3.63, 3.8) is 0 Å². The summed E-state index contributed by atoms with van der Waals surface area (Å²) in [6.07, 6.45) is 7.21. The summed E-state index contributed by atoms with van der Waals surface area (Å²) in [6, 6.07) is 7.89. The number of nitrogens with two attached hydrogens (primary N) is 1. The molecule has 0 amide bonds. The fourth-order valence-corrected chi connectivity index (χ4v) is 4.11. The Kier molecular flexibility index (Phi) is 3.35. The summed E-state index contributed by atoms with van der Waals surface area (Å²) in [5.41, 5.74) is 8.39. The first-order valence-electron chi connectivity index (χ1n) is 6.89. The van der Waals surface area contributed by atoms with E-state index in [1.807, 2.05) is 23.9 Å². The Labute approximate surface area is 123 Å². The molecule has 1 heterocycles. The SMILES string of the molecule is CSC1(Cn2c(N)nc3c(C#N)cccc32)CCCC1. The molecule has 0 radical (unpaired) electrons. The van der Waals surface area contributed by atoms with E-state index >= 15 is 0 Å². The van der Waals surface area contributed by atoms with Crippen LogP contribution in [0.15, 0.2) is 18.2 Å². The Morgan fingerprint density at radius 3 is 2.85 bits per heavy atom. The normalized spacial score (nSPS) is 17.4. The number of nitrogen functional groups attached to an aromatic ring is 1. The van der Waals surface area contributed by atoms with Crippen LogP contribution in [0.5, 0.6) is 0 Å². The van der Waals surface area contributed by atoms with Crippen LogP contribution in [0.1, 0.15) is 31.2 Å². The third-order valence-corrected chi connectivity index (χ3v) is 5.73. The zero-order valence-electron chi connectivity index (χ0n) is 11.6. The maximum Gasteiger partial charge on any atom is 0.201 e. The molecule has 1 aliphatic carbocycles. The van der Waals surface area contributed by atoms with E-state index in [1.165, 1.54) is 25.7 Å². The summed E-state index contributed by atoms with van der Waals surface area (Å²) < 4.78 is 2.35. The summed E-state index contributed by atoms with van der Waals surface area (Å²) in [7, 11) is 0. The van der Waals surface area contributed by atoms with Crippen molar-refractivity contribution in [2.75, 3.05) is 12.0 Å². The second kappa shape index (κ2) is 5.02. The van der Waals surface area contributed by atoms with E-state index in [9.17, 15) is 5.26 Å². The zero-order chi connectivity index (χ0) is 14.2. The van der Waals surface area contributed by atoms with Crippen LogP contribution in [0.25, 0.3) is 11.0 Å². The molecule has 2 N–H and O–H groups in total. The average molecular weight is 286 g/mol. The zero-order valence-corrected chi connectivity index (χ0v) is 12.4. The van der Waals surface area contributed by atoms with Crippen molar-refractivity contribution in [3.8, 4) is 6.07 Å². The molecule has 1 aromatic heterocycles. The Hall–Kier alpha value is -1.67. The predicted octanol–water partition coefficient (Wildman–Crippen LogP) is 3.17. The molecule has 0 aliphatic heterocycles. The fourth-order valence-electron chi connectivity index (χ4n) is 3.16. The highest BCUT2D eigenvalue weighted by Crippen LogP contribution is 2.42. The first-order chi connectivity index (χ1) is 9.69. The van der Waals surface area contributed by atoms with Crippen LogP contribution in [-0.2, 0) is 6.54 Å². The molecule has 0 saturated heterocycles. The van der Waals surface area contributed by atoms with Crippen molar-refractivity contribution in [2.24, 2.45) is 0 Å². The minimum Gasteiger partial charge on any atom is -0.369 e. The third kappa shape index (κ3) is 2.04. The molecule has 3 rings (SSSR count). The molecule has 0 unspecified atom stereocenters. The van der Waals surface area contributed by atoms with Gasteiger partial charge in [0.15, 0.2) is 0 Å². The maximum atomic E-state index is 9.17. The molecule has 20 heavy (non-hydrogen) atoms. The molecule has 1 saturated carbocycles. The molecular weight excluding hydrogens is 268 g/mol. The van der Waals surface area contributed by atoms with Crippen molar-refractivity contribution in [2.45, 2.75) is 37.0 Å². The van der Waals surface area contributed by atoms with Gasteiger partial charge < -0.3 is 10.3 Å². The highest BCUT2D eigenvalue weighted by molar-refractivity contribution is 8.00. The largest absolute Gasteiger partial charge is 0.369 e. The third-order valence-electron chi connectivity index (χ3n) is 4.32. The van der Waals surface area contributed by atoms with Gasteiger partial charge in [-0.15, -0.1) is 0 Å². The number of thioether (sulfide) groups is 1. The lowest BCUT2D eigenvalue weighted by molar-refractivity contribution is 0.518. The Morgan fingerprint density at radius 2 is 2.20 bits per heavy atom. The van der Waals surface area contributed by atoms with Crippen molar-refractivity contribution in [3.05, 3.63) is 23.8 Å². The number of imidazole rings is 1. The van der Waals surface area contributed by atoms with Gasteiger partial charge in [0.05, 0.1) is 11.1 Å². The second-order valence-corrected chi connectivity index (χ2v) is 6.71. The number of benzene rings is 1. The highest BCUT2D eigenvalue weighted by Gasteiger charge is 2.34. The van der Waals surface area contributed by atoms with E-state index in [0.717, 1.165) is 17.6 Å². The Balaban J connectivity index is 2.08. The highest BCUT2D eigenvalue weighted by atomic mass is 32.2. The molecule has 1 fully saturated rings. The first kappa shape index (κ1) is 13.3. The van der Waals surface area contributed by atoms with E-state index in [2.05, 4.69) is 21.9 Å². The van der Waals surface area contributed by atoms with Gasteiger partial charge in [-0.25, -0.2) is 4.98 Å². The van der Waals surface area contributed by atoms with Gasteiger partial charge in [0.1, 0.15) is 11.6 Å². The van der Waals surface area contributed by atoms with Gasteiger partial charge in [0.25, 0.3) is 0 Å². The molecule has 0 bridgehead atoms. The number of nitrogens with zero attached hydrogens (tertiary/aromatic N) is 3. The molecular formula is C15H18N4S. The van der Waals surface area contributed by atoms with Gasteiger partial charge in [-0.2, -0.15) is 17.0 Å².